The summed E-state index contributed by atoms with van der Waals surface area (Å²) in [6.45, 7) is 3.51. The second kappa shape index (κ2) is 10.4. The Labute approximate surface area is 227 Å². The molecule has 2 aromatic carbocycles. The number of hydrogen-bond acceptors (Lipinski definition) is 4. The lowest BCUT2D eigenvalue weighted by Gasteiger charge is -2.47. The van der Waals surface area contributed by atoms with Crippen molar-refractivity contribution in [2.45, 2.75) is 44.6 Å². The molecule has 1 atom stereocenters. The molecule has 2 amide bonds. The minimum Gasteiger partial charge on any atom is -0.371 e. The highest BCUT2D eigenvalue weighted by Gasteiger charge is 2.39. The number of aromatic nitrogens is 1. The maximum absolute atomic E-state index is 14.1. The van der Waals surface area contributed by atoms with E-state index in [9.17, 15) is 18.4 Å². The number of amides is 2. The second-order valence-electron chi connectivity index (χ2n) is 11.1. The molecule has 6 rings (SSSR count). The van der Waals surface area contributed by atoms with E-state index < -0.39 is 29.1 Å². The van der Waals surface area contributed by atoms with Gasteiger partial charge in [0.15, 0.2) is 0 Å². The first-order valence-corrected chi connectivity index (χ1v) is 13.7. The smallest absolute Gasteiger partial charge is 0.257 e. The normalized spacial score (nSPS) is 20.1. The molecule has 0 bridgehead atoms. The number of likely N-dealkylation sites (tertiary alicyclic amines) is 1. The lowest BCUT2D eigenvalue weighted by atomic mass is 9.71. The summed E-state index contributed by atoms with van der Waals surface area (Å²) in [5, 5.41) is 2.78. The van der Waals surface area contributed by atoms with Crippen molar-refractivity contribution in [2.24, 2.45) is 5.41 Å². The molecule has 2 fully saturated rings. The van der Waals surface area contributed by atoms with E-state index in [0.717, 1.165) is 81.5 Å². The monoisotopic (exact) mass is 530 g/mol. The average Bonchev–Trinajstić information content (AvgIpc) is 3.35. The zero-order valence-corrected chi connectivity index (χ0v) is 21.8. The van der Waals surface area contributed by atoms with Crippen LogP contribution in [0, 0.1) is 17.0 Å². The summed E-state index contributed by atoms with van der Waals surface area (Å²) in [7, 11) is 0. The molecule has 0 radical (unpaired) electrons. The van der Waals surface area contributed by atoms with Crippen molar-refractivity contribution in [3.8, 4) is 0 Å². The number of hydrogen-bond donors (Lipinski definition) is 1. The predicted octanol–water partition coefficient (Wildman–Crippen LogP) is 5.30. The van der Waals surface area contributed by atoms with E-state index in [1.165, 1.54) is 11.8 Å². The Morgan fingerprint density at radius 1 is 0.897 bits per heavy atom. The van der Waals surface area contributed by atoms with Crippen molar-refractivity contribution in [3.63, 3.8) is 0 Å². The topological polar surface area (TPSA) is 65.5 Å². The number of halogens is 2. The molecule has 2 saturated heterocycles. The van der Waals surface area contributed by atoms with Crippen LogP contribution in [0.3, 0.4) is 0 Å². The lowest BCUT2D eigenvalue weighted by molar-refractivity contribution is 0.0515. The van der Waals surface area contributed by atoms with Crippen LogP contribution in [0.1, 0.15) is 70.0 Å². The fourth-order valence-corrected chi connectivity index (χ4v) is 6.49. The standard InChI is InChI=1S/C31H32F2N4O2/c32-25-2-1-3-26(33)28(25)29(38)35-27-7-6-21-4-5-22(20-24(21)27)30(39)37-18-12-31(13-19-37)10-16-36(17-11-31)23-8-14-34-15-9-23/h1-5,8-9,14-15,20,27H,6-7,10-13,16-19H2,(H,35,38). The van der Waals surface area contributed by atoms with Crippen LogP contribution >= 0.6 is 0 Å². The Hall–Kier alpha value is -3.81. The summed E-state index contributed by atoms with van der Waals surface area (Å²) in [5.74, 6) is -2.56. The van der Waals surface area contributed by atoms with Crippen LogP contribution in [-0.4, -0.2) is 47.9 Å². The summed E-state index contributed by atoms with van der Waals surface area (Å²) in [6.07, 6.45) is 9.28. The van der Waals surface area contributed by atoms with Crippen molar-refractivity contribution < 1.29 is 18.4 Å². The quantitative estimate of drug-likeness (QED) is 0.497. The van der Waals surface area contributed by atoms with Gasteiger partial charge in [-0.2, -0.15) is 0 Å². The van der Waals surface area contributed by atoms with Crippen LogP contribution in [0.2, 0.25) is 0 Å². The van der Waals surface area contributed by atoms with Crippen LogP contribution in [0.25, 0.3) is 0 Å². The Bertz CT molecular complexity index is 1360. The number of nitrogens with zero attached hydrogens (tertiary/aromatic N) is 3. The van der Waals surface area contributed by atoms with Gasteiger partial charge in [-0.1, -0.05) is 12.1 Å². The third-order valence-corrected chi connectivity index (χ3v) is 8.93. The number of aryl methyl sites for hydroxylation is 1. The van der Waals surface area contributed by atoms with E-state index in [0.29, 0.717) is 12.0 Å². The molecule has 8 heteroatoms. The van der Waals surface area contributed by atoms with Crippen LogP contribution in [0.4, 0.5) is 14.5 Å². The Kier molecular flexibility index (Phi) is 6.79. The molecule has 3 aliphatic rings. The van der Waals surface area contributed by atoms with Crippen molar-refractivity contribution in [2.75, 3.05) is 31.1 Å². The van der Waals surface area contributed by atoms with Crippen LogP contribution in [0.15, 0.2) is 60.9 Å². The highest BCUT2D eigenvalue weighted by molar-refractivity contribution is 5.96. The van der Waals surface area contributed by atoms with Crippen molar-refractivity contribution in [3.05, 3.63) is 94.8 Å². The molecular weight excluding hydrogens is 498 g/mol. The van der Waals surface area contributed by atoms with Crippen LogP contribution in [-0.2, 0) is 6.42 Å². The first kappa shape index (κ1) is 25.5. The molecule has 2 aliphatic heterocycles. The number of carbonyl (C=O) groups excluding carboxylic acids is 2. The maximum Gasteiger partial charge on any atom is 0.257 e. The molecule has 1 aromatic heterocycles. The number of anilines is 1. The molecule has 0 saturated carbocycles. The molecule has 3 heterocycles. The van der Waals surface area contributed by atoms with E-state index in [1.807, 2.05) is 35.5 Å². The first-order chi connectivity index (χ1) is 18.9. The van der Waals surface area contributed by atoms with Crippen LogP contribution < -0.4 is 10.2 Å². The number of piperidine rings is 2. The van der Waals surface area contributed by atoms with Crippen molar-refractivity contribution in [1.29, 1.82) is 0 Å². The molecule has 202 valence electrons. The van der Waals surface area contributed by atoms with E-state index in [2.05, 4.69) is 27.3 Å². The van der Waals surface area contributed by atoms with Crippen molar-refractivity contribution in [1.82, 2.24) is 15.2 Å². The van der Waals surface area contributed by atoms with Gasteiger partial charge in [-0.3, -0.25) is 14.6 Å². The Morgan fingerprint density at radius 2 is 1.56 bits per heavy atom. The molecule has 1 spiro atoms. The second-order valence-corrected chi connectivity index (χ2v) is 11.1. The fourth-order valence-electron chi connectivity index (χ4n) is 6.49. The number of nitrogens with one attached hydrogen (secondary N) is 1. The molecular formula is C31H32F2N4O2. The summed E-state index contributed by atoms with van der Waals surface area (Å²) in [4.78, 5) is 34.7. The number of rotatable bonds is 4. The first-order valence-electron chi connectivity index (χ1n) is 13.7. The molecule has 39 heavy (non-hydrogen) atoms. The van der Waals surface area contributed by atoms with E-state index in [-0.39, 0.29) is 11.3 Å². The zero-order valence-electron chi connectivity index (χ0n) is 21.8. The van der Waals surface area contributed by atoms with E-state index in [1.54, 1.807) is 0 Å². The molecule has 6 nitrogen and oxygen atoms in total. The number of carbonyl (C=O) groups is 2. The number of benzene rings is 2. The SMILES string of the molecule is O=C(NC1CCc2ccc(C(=O)N3CCC4(CC3)CCN(c3ccncc3)CC4)cc21)c1c(F)cccc1F. The van der Waals surface area contributed by atoms with E-state index >= 15 is 0 Å². The van der Waals surface area contributed by atoms with Gasteiger partial charge in [0.2, 0.25) is 0 Å². The summed E-state index contributed by atoms with van der Waals surface area (Å²) < 4.78 is 28.2. The minimum atomic E-state index is -0.888. The van der Waals surface area contributed by atoms with Gasteiger partial charge in [0, 0.05) is 49.8 Å². The van der Waals surface area contributed by atoms with Gasteiger partial charge in [-0.25, -0.2) is 8.78 Å². The minimum absolute atomic E-state index is 0.000929. The molecule has 1 N–H and O–H groups in total. The van der Waals surface area contributed by atoms with Crippen molar-refractivity contribution >= 4 is 17.5 Å². The third-order valence-electron chi connectivity index (χ3n) is 8.93. The van der Waals surface area contributed by atoms with Gasteiger partial charge in [-0.05, 0) is 91.5 Å². The zero-order chi connectivity index (χ0) is 27.0. The molecule has 3 aromatic rings. The lowest BCUT2D eigenvalue weighted by Crippen LogP contribution is -2.48. The van der Waals surface area contributed by atoms with Gasteiger partial charge < -0.3 is 15.1 Å². The highest BCUT2D eigenvalue weighted by atomic mass is 19.1. The average molecular weight is 531 g/mol. The largest absolute Gasteiger partial charge is 0.371 e. The van der Waals surface area contributed by atoms with Gasteiger partial charge in [-0.15, -0.1) is 0 Å². The predicted molar refractivity (Wildman–Crippen MR) is 145 cm³/mol. The Morgan fingerprint density at radius 3 is 2.26 bits per heavy atom. The number of pyridine rings is 1. The van der Waals surface area contributed by atoms with Gasteiger partial charge in [0.05, 0.1) is 6.04 Å². The third kappa shape index (κ3) is 5.00. The van der Waals surface area contributed by atoms with Crippen LogP contribution in [0.5, 0.6) is 0 Å². The molecule has 1 unspecified atom stereocenters. The van der Waals surface area contributed by atoms with E-state index in [4.69, 9.17) is 0 Å². The highest BCUT2D eigenvalue weighted by Crippen LogP contribution is 2.42. The maximum atomic E-state index is 14.1. The fraction of sp³-hybridized carbons (Fsp3) is 0.387. The Balaban J connectivity index is 1.09. The summed E-state index contributed by atoms with van der Waals surface area (Å²) in [5.41, 5.74) is 3.42. The van der Waals surface area contributed by atoms with Gasteiger partial charge >= 0.3 is 0 Å². The number of fused-ring (bicyclic) bond motifs is 1. The van der Waals surface area contributed by atoms with Gasteiger partial charge in [0.25, 0.3) is 11.8 Å². The van der Waals surface area contributed by atoms with Gasteiger partial charge in [0.1, 0.15) is 17.2 Å². The summed E-state index contributed by atoms with van der Waals surface area (Å²) in [6, 6.07) is 12.8. The molecule has 1 aliphatic carbocycles. The summed E-state index contributed by atoms with van der Waals surface area (Å²) >= 11 is 0.